The number of aromatic nitrogens is 1. The number of hydrogen-bond donors (Lipinski definition) is 1. The maximum absolute atomic E-state index is 15.5. The van der Waals surface area contributed by atoms with Gasteiger partial charge in [-0.15, -0.1) is 0 Å². The Bertz CT molecular complexity index is 1660. The fraction of sp³-hybridized carbons (Fsp3) is 0.467. The van der Waals surface area contributed by atoms with Crippen molar-refractivity contribution < 1.29 is 36.5 Å². The van der Waals surface area contributed by atoms with Crippen molar-refractivity contribution in [2.45, 2.75) is 50.4 Å². The number of likely N-dealkylation sites (tertiary alicyclic amines) is 1. The number of alkyl halides is 2. The number of rotatable bonds is 5. The highest BCUT2D eigenvalue weighted by molar-refractivity contribution is 6.05. The van der Waals surface area contributed by atoms with Gasteiger partial charge in [-0.2, -0.15) is 0 Å². The van der Waals surface area contributed by atoms with Crippen molar-refractivity contribution in [3.63, 3.8) is 0 Å². The van der Waals surface area contributed by atoms with Gasteiger partial charge in [0.25, 0.3) is 11.8 Å². The lowest BCUT2D eigenvalue weighted by Gasteiger charge is -2.46. The molecule has 2 atom stereocenters. The van der Waals surface area contributed by atoms with Gasteiger partial charge in [0.05, 0.1) is 23.5 Å². The Balaban J connectivity index is 0.978. The highest BCUT2D eigenvalue weighted by Crippen LogP contribution is 2.35. The molecule has 44 heavy (non-hydrogen) atoms. The minimum atomic E-state index is -3.01. The molecular formula is C30H30F4N6O4. The molecule has 2 unspecified atom stereocenters. The minimum Gasteiger partial charge on any atom is -0.354 e. The van der Waals surface area contributed by atoms with Crippen molar-refractivity contribution in [3.8, 4) is 0 Å². The normalized spacial score (nSPS) is 24.7. The second kappa shape index (κ2) is 10.8. The summed E-state index contributed by atoms with van der Waals surface area (Å²) in [4.78, 5) is 43.4. The van der Waals surface area contributed by atoms with Gasteiger partial charge in [-0.25, -0.2) is 17.6 Å². The van der Waals surface area contributed by atoms with E-state index in [0.717, 1.165) is 0 Å². The number of piperazine rings is 1. The van der Waals surface area contributed by atoms with Gasteiger partial charge >= 0.3 is 0 Å². The van der Waals surface area contributed by atoms with Crippen LogP contribution in [0.1, 0.15) is 40.7 Å². The van der Waals surface area contributed by atoms with E-state index in [2.05, 4.69) is 10.5 Å². The summed E-state index contributed by atoms with van der Waals surface area (Å²) in [6.07, 6.45) is 0.482. The maximum atomic E-state index is 15.5. The van der Waals surface area contributed by atoms with Crippen molar-refractivity contribution in [1.82, 2.24) is 25.2 Å². The van der Waals surface area contributed by atoms with E-state index in [4.69, 9.17) is 4.52 Å². The smallest absolute Gasteiger partial charge is 0.275 e. The molecule has 1 N–H and O–H groups in total. The van der Waals surface area contributed by atoms with Gasteiger partial charge in [0.15, 0.2) is 11.4 Å². The molecular weight excluding hydrogens is 584 g/mol. The highest BCUT2D eigenvalue weighted by atomic mass is 19.3. The molecule has 3 saturated heterocycles. The number of benzene rings is 2. The van der Waals surface area contributed by atoms with Crippen LogP contribution in [0.2, 0.25) is 0 Å². The lowest BCUT2D eigenvalue weighted by atomic mass is 9.97. The number of nitrogens with zero attached hydrogens (tertiary/aromatic N) is 5. The quantitative estimate of drug-likeness (QED) is 0.346. The predicted octanol–water partition coefficient (Wildman–Crippen LogP) is 2.90. The van der Waals surface area contributed by atoms with Gasteiger partial charge < -0.3 is 14.3 Å². The number of imide groups is 1. The molecule has 1 aromatic heterocycles. The van der Waals surface area contributed by atoms with Gasteiger partial charge in [0.2, 0.25) is 11.8 Å². The zero-order valence-corrected chi connectivity index (χ0v) is 23.7. The van der Waals surface area contributed by atoms with Crippen LogP contribution in [0.15, 0.2) is 34.9 Å². The Morgan fingerprint density at radius 2 is 1.80 bits per heavy atom. The molecule has 7 rings (SSSR count). The van der Waals surface area contributed by atoms with E-state index in [9.17, 15) is 18.8 Å². The van der Waals surface area contributed by atoms with Gasteiger partial charge in [-0.3, -0.25) is 29.5 Å². The van der Waals surface area contributed by atoms with Crippen LogP contribution >= 0.6 is 0 Å². The van der Waals surface area contributed by atoms with Crippen LogP contribution in [-0.4, -0.2) is 94.9 Å². The molecule has 5 heterocycles. The Morgan fingerprint density at radius 3 is 2.55 bits per heavy atom. The summed E-state index contributed by atoms with van der Waals surface area (Å²) in [6, 6.07) is 5.25. The van der Waals surface area contributed by atoms with Crippen LogP contribution < -0.4 is 10.2 Å². The van der Waals surface area contributed by atoms with E-state index in [1.165, 1.54) is 23.1 Å². The second-order valence-corrected chi connectivity index (χ2v) is 12.0. The first-order valence-corrected chi connectivity index (χ1v) is 14.7. The molecule has 3 fully saturated rings. The summed E-state index contributed by atoms with van der Waals surface area (Å²) in [7, 11) is 0. The molecule has 0 aliphatic carbocycles. The molecule has 10 nitrogen and oxygen atoms in total. The first-order valence-electron chi connectivity index (χ1n) is 14.7. The average molecular weight is 615 g/mol. The zero-order valence-electron chi connectivity index (χ0n) is 23.7. The molecule has 3 aromatic rings. The van der Waals surface area contributed by atoms with Crippen LogP contribution in [-0.2, 0) is 22.7 Å². The van der Waals surface area contributed by atoms with Gasteiger partial charge in [0.1, 0.15) is 17.7 Å². The fourth-order valence-electron chi connectivity index (χ4n) is 7.02. The van der Waals surface area contributed by atoms with E-state index < -0.39 is 53.9 Å². The number of nitrogens with one attached hydrogen (secondary N) is 1. The van der Waals surface area contributed by atoms with Gasteiger partial charge in [0, 0.05) is 58.3 Å². The summed E-state index contributed by atoms with van der Waals surface area (Å²) in [5.41, 5.74) is 1.09. The molecule has 232 valence electrons. The number of hydrogen-bond acceptors (Lipinski definition) is 8. The van der Waals surface area contributed by atoms with Gasteiger partial charge in [-0.1, -0.05) is 11.2 Å². The molecule has 0 bridgehead atoms. The van der Waals surface area contributed by atoms with E-state index in [-0.39, 0.29) is 37.9 Å². The van der Waals surface area contributed by atoms with Crippen LogP contribution in [0.5, 0.6) is 0 Å². The maximum Gasteiger partial charge on any atom is 0.275 e. The monoisotopic (exact) mass is 614 g/mol. The Labute approximate surface area is 249 Å². The molecule has 4 aliphatic heterocycles. The summed E-state index contributed by atoms with van der Waals surface area (Å²) in [5.74, 6) is -5.22. The number of carbonyl (C=O) groups excluding carboxylic acids is 3. The van der Waals surface area contributed by atoms with E-state index in [1.807, 2.05) is 4.90 Å². The Morgan fingerprint density at radius 1 is 1.00 bits per heavy atom. The molecule has 3 amide bonds. The minimum absolute atomic E-state index is 0.0104. The zero-order chi connectivity index (χ0) is 30.7. The first kappa shape index (κ1) is 28.7. The largest absolute Gasteiger partial charge is 0.354 e. The van der Waals surface area contributed by atoms with Crippen LogP contribution in [0.3, 0.4) is 0 Å². The molecule has 2 aromatic carbocycles. The number of carbonyl (C=O) groups is 3. The highest BCUT2D eigenvalue weighted by Gasteiger charge is 2.48. The predicted molar refractivity (Wildman–Crippen MR) is 149 cm³/mol. The Kier molecular flexibility index (Phi) is 7.08. The fourth-order valence-corrected chi connectivity index (χ4v) is 7.02. The van der Waals surface area contributed by atoms with Gasteiger partial charge in [-0.05, 0) is 42.2 Å². The number of halogens is 4. The van der Waals surface area contributed by atoms with Crippen LogP contribution in [0, 0.1) is 11.6 Å². The van der Waals surface area contributed by atoms with Crippen molar-refractivity contribution in [2.24, 2.45) is 0 Å². The number of amides is 3. The van der Waals surface area contributed by atoms with Crippen molar-refractivity contribution in [1.29, 1.82) is 0 Å². The SMILES string of the molecule is O=C1CCC(N2Cc3cc(CN4CCC(N5CCN(c6noc7cc(F)ccc67)CC5)C(F)(F)C4)cc(F)c3C2=O)C(=O)N1. The standard InChI is InChI=1S/C30H30F4N6O4/c31-19-1-2-20-23(13-19)44-36-27(20)39-9-7-38(8-10-39)24-5-6-37(16-30(24,33)34)14-17-11-18-15-40(29(43)26(18)21(32)12-17)22-3-4-25(41)35-28(22)42/h1-2,11-13,22,24H,3-10,14-16H2,(H,35,41,42). The van der Waals surface area contributed by atoms with Crippen molar-refractivity contribution in [3.05, 3.63) is 58.7 Å². The Hall–Kier alpha value is -4.04. The lowest BCUT2D eigenvalue weighted by Crippen LogP contribution is -2.61. The molecule has 0 saturated carbocycles. The third-order valence-electron chi connectivity index (χ3n) is 9.15. The third kappa shape index (κ3) is 5.09. The summed E-state index contributed by atoms with van der Waals surface area (Å²) in [6.45, 7) is 1.75. The van der Waals surface area contributed by atoms with Crippen molar-refractivity contribution in [2.75, 3.05) is 44.2 Å². The topological polar surface area (TPSA) is 102 Å². The second-order valence-electron chi connectivity index (χ2n) is 12.0. The van der Waals surface area contributed by atoms with E-state index >= 15 is 13.2 Å². The summed E-state index contributed by atoms with van der Waals surface area (Å²) in [5, 5.41) is 6.97. The number of anilines is 1. The molecule has 0 radical (unpaired) electrons. The van der Waals surface area contributed by atoms with Crippen LogP contribution in [0.4, 0.5) is 23.4 Å². The number of fused-ring (bicyclic) bond motifs is 2. The third-order valence-corrected chi connectivity index (χ3v) is 9.15. The molecule has 0 spiro atoms. The lowest BCUT2D eigenvalue weighted by molar-refractivity contribution is -0.137. The van der Waals surface area contributed by atoms with E-state index in [0.29, 0.717) is 60.6 Å². The van der Waals surface area contributed by atoms with Crippen LogP contribution in [0.25, 0.3) is 11.0 Å². The summed E-state index contributed by atoms with van der Waals surface area (Å²) >= 11 is 0. The molecule has 14 heteroatoms. The molecule has 4 aliphatic rings. The average Bonchev–Trinajstić information content (AvgIpc) is 3.53. The number of piperidine rings is 2. The van der Waals surface area contributed by atoms with E-state index in [1.54, 1.807) is 21.9 Å². The summed E-state index contributed by atoms with van der Waals surface area (Å²) < 4.78 is 65.0. The first-order chi connectivity index (χ1) is 21.1. The van der Waals surface area contributed by atoms with Crippen molar-refractivity contribution >= 4 is 34.5 Å².